The number of benzene rings is 1. The van der Waals surface area contributed by atoms with Crippen LogP contribution in [0.3, 0.4) is 0 Å². The minimum atomic E-state index is -0.551. The van der Waals surface area contributed by atoms with Gasteiger partial charge in [-0.2, -0.15) is 20.4 Å². The Kier molecular flexibility index (Phi) is 7.17. The van der Waals surface area contributed by atoms with E-state index < -0.39 is 5.82 Å². The molecular formula is C30H28ClFN10OS. The zero-order valence-electron chi connectivity index (χ0n) is 24.2. The summed E-state index contributed by atoms with van der Waals surface area (Å²) in [5, 5.41) is 23.2. The third-order valence-electron chi connectivity index (χ3n) is 8.53. The number of nitrogen functional groups attached to an aromatic ring is 1. The molecule has 224 valence electrons. The number of ether oxygens (including phenoxy) is 1. The lowest BCUT2D eigenvalue weighted by molar-refractivity contribution is 0.135. The lowest BCUT2D eigenvalue weighted by atomic mass is 9.94. The number of nitrogens with two attached hydrogens (primary N) is 1. The van der Waals surface area contributed by atoms with E-state index in [2.05, 4.69) is 57.4 Å². The van der Waals surface area contributed by atoms with Crippen molar-refractivity contribution in [2.45, 2.75) is 45.2 Å². The first kappa shape index (κ1) is 28.5. The highest BCUT2D eigenvalue weighted by Crippen LogP contribution is 2.48. The number of nitrogens with zero attached hydrogens (tertiary/aromatic N) is 8. The van der Waals surface area contributed by atoms with E-state index in [9.17, 15) is 9.65 Å². The molecular weight excluding hydrogens is 603 g/mol. The van der Waals surface area contributed by atoms with E-state index in [0.717, 1.165) is 52.7 Å². The lowest BCUT2D eigenvalue weighted by Crippen LogP contribution is -2.40. The van der Waals surface area contributed by atoms with E-state index in [1.54, 1.807) is 6.20 Å². The van der Waals surface area contributed by atoms with Gasteiger partial charge in [-0.25, -0.2) is 9.37 Å². The molecule has 1 saturated heterocycles. The molecule has 6 heterocycles. The number of nitriles is 1. The van der Waals surface area contributed by atoms with Crippen molar-refractivity contribution < 1.29 is 9.13 Å². The highest BCUT2D eigenvalue weighted by Gasteiger charge is 2.36. The molecule has 0 spiro atoms. The number of pyridine rings is 1. The number of hydrogen-bond donors (Lipinski definition) is 2. The van der Waals surface area contributed by atoms with Gasteiger partial charge in [-0.3, -0.25) is 4.98 Å². The van der Waals surface area contributed by atoms with Gasteiger partial charge in [0.1, 0.15) is 16.9 Å². The molecule has 2 aliphatic rings. The average molecular weight is 631 g/mol. The lowest BCUT2D eigenvalue weighted by Gasteiger charge is -2.29. The van der Waals surface area contributed by atoms with E-state index >= 15 is 0 Å². The van der Waals surface area contributed by atoms with Gasteiger partial charge in [0.15, 0.2) is 5.82 Å². The van der Waals surface area contributed by atoms with Crippen molar-refractivity contribution in [3.05, 3.63) is 57.8 Å². The summed E-state index contributed by atoms with van der Waals surface area (Å²) in [6.07, 6.45) is 3.73. The van der Waals surface area contributed by atoms with E-state index in [-0.39, 0.29) is 27.9 Å². The van der Waals surface area contributed by atoms with Gasteiger partial charge >= 0.3 is 0 Å². The second-order valence-electron chi connectivity index (χ2n) is 11.2. The average Bonchev–Trinajstić information content (AvgIpc) is 3.74. The highest BCUT2D eigenvalue weighted by atomic mass is 35.5. The second-order valence-corrected chi connectivity index (χ2v) is 12.6. The van der Waals surface area contributed by atoms with Gasteiger partial charge in [0, 0.05) is 35.8 Å². The van der Waals surface area contributed by atoms with Crippen molar-refractivity contribution in [2.24, 2.45) is 0 Å². The molecule has 44 heavy (non-hydrogen) atoms. The smallest absolute Gasteiger partial charge is 0.228 e. The number of aromatic nitrogens is 5. The molecule has 14 heteroatoms. The monoisotopic (exact) mass is 630 g/mol. The summed E-state index contributed by atoms with van der Waals surface area (Å²) in [4.78, 5) is 19.0. The van der Waals surface area contributed by atoms with Crippen LogP contribution in [0, 0.1) is 17.1 Å². The van der Waals surface area contributed by atoms with Crippen molar-refractivity contribution in [3.63, 3.8) is 0 Å². The summed E-state index contributed by atoms with van der Waals surface area (Å²) in [6, 6.07) is 6.33. The molecule has 0 saturated carbocycles. The van der Waals surface area contributed by atoms with Crippen LogP contribution in [0.1, 0.15) is 35.7 Å². The Bertz CT molecular complexity index is 1980. The van der Waals surface area contributed by atoms with Crippen LogP contribution in [-0.2, 0) is 24.5 Å². The molecule has 0 bridgehead atoms. The minimum absolute atomic E-state index is 0.150. The van der Waals surface area contributed by atoms with Crippen molar-refractivity contribution in [1.29, 1.82) is 5.26 Å². The fourth-order valence-electron chi connectivity index (χ4n) is 6.41. The van der Waals surface area contributed by atoms with E-state index in [1.807, 2.05) is 12.1 Å². The SMILES string of the molecule is C[C@H]1[C@@H](N(C)C)CCN1c1nc(NCc2cccnn2)c2c3c(c(-c4ncc(F)c5sc(N)c(C#N)c45)c(Cl)c2n1)COC3. The maximum Gasteiger partial charge on any atom is 0.228 e. The summed E-state index contributed by atoms with van der Waals surface area (Å²) < 4.78 is 21.2. The van der Waals surface area contributed by atoms with Gasteiger partial charge in [-0.05, 0) is 50.7 Å². The number of fused-ring (bicyclic) bond motifs is 4. The Morgan fingerprint density at radius 2 is 2.09 bits per heavy atom. The second kappa shape index (κ2) is 11.0. The van der Waals surface area contributed by atoms with Gasteiger partial charge < -0.3 is 25.6 Å². The van der Waals surface area contributed by atoms with Crippen LogP contribution in [-0.4, -0.2) is 62.8 Å². The van der Waals surface area contributed by atoms with Crippen LogP contribution in [0.25, 0.3) is 32.2 Å². The Morgan fingerprint density at radius 1 is 1.27 bits per heavy atom. The first-order valence-corrected chi connectivity index (χ1v) is 15.3. The zero-order valence-corrected chi connectivity index (χ0v) is 25.8. The van der Waals surface area contributed by atoms with Crippen LogP contribution in [0.2, 0.25) is 5.02 Å². The van der Waals surface area contributed by atoms with Gasteiger partial charge in [0.2, 0.25) is 5.95 Å². The third-order valence-corrected chi connectivity index (χ3v) is 9.92. The molecule has 0 aliphatic carbocycles. The summed E-state index contributed by atoms with van der Waals surface area (Å²) in [7, 11) is 4.16. The van der Waals surface area contributed by atoms with E-state index in [0.29, 0.717) is 58.1 Å². The first-order chi connectivity index (χ1) is 21.3. The third kappa shape index (κ3) is 4.48. The summed E-state index contributed by atoms with van der Waals surface area (Å²) in [6.45, 7) is 3.87. The van der Waals surface area contributed by atoms with Crippen LogP contribution < -0.4 is 16.0 Å². The highest BCUT2D eigenvalue weighted by molar-refractivity contribution is 7.23. The van der Waals surface area contributed by atoms with Crippen molar-refractivity contribution in [3.8, 4) is 17.3 Å². The maximum atomic E-state index is 14.9. The number of likely N-dealkylation sites (N-methyl/N-ethyl adjacent to an activating group) is 1. The topological polar surface area (TPSA) is 142 Å². The van der Waals surface area contributed by atoms with Crippen molar-refractivity contribution in [1.82, 2.24) is 30.0 Å². The van der Waals surface area contributed by atoms with Crippen molar-refractivity contribution in [2.75, 3.05) is 36.6 Å². The molecule has 3 N–H and O–H groups in total. The van der Waals surface area contributed by atoms with Gasteiger partial charge in [-0.1, -0.05) is 11.6 Å². The Morgan fingerprint density at radius 3 is 2.82 bits per heavy atom. The predicted octanol–water partition coefficient (Wildman–Crippen LogP) is 5.11. The number of nitrogens with one attached hydrogen (secondary N) is 1. The van der Waals surface area contributed by atoms with Gasteiger partial charge in [-0.15, -0.1) is 11.3 Å². The Hall–Kier alpha value is -4.22. The number of halogens is 2. The molecule has 1 aromatic carbocycles. The van der Waals surface area contributed by atoms with Crippen LogP contribution in [0.4, 0.5) is 21.2 Å². The Labute approximate surface area is 261 Å². The molecule has 1 fully saturated rings. The molecule has 4 aromatic heterocycles. The molecule has 2 aliphatic heterocycles. The van der Waals surface area contributed by atoms with E-state index in [1.165, 1.54) is 0 Å². The van der Waals surface area contributed by atoms with Crippen LogP contribution >= 0.6 is 22.9 Å². The van der Waals surface area contributed by atoms with Crippen molar-refractivity contribution >= 4 is 60.7 Å². The summed E-state index contributed by atoms with van der Waals surface area (Å²) in [5.41, 5.74) is 10.2. The number of anilines is 3. The standard InChI is InChI=1S/C30H28ClFN10OS/c1-14-20(41(2)3)6-8-42(14)30-38-26-23(29(39-30)36-10-15-5-4-7-37-40-15)18-13-43-12-17(18)21(24(26)31)25-22-16(9-33)28(34)44-27(22)19(32)11-35-25/h4-5,7,11,14,20H,6,8,10,12-13,34H2,1-3H3,(H,36,38,39)/t14-,20-/m0/s1. The Balaban J connectivity index is 1.49. The van der Waals surface area contributed by atoms with Crippen LogP contribution in [0.5, 0.6) is 0 Å². The fraction of sp³-hybridized carbons (Fsp3) is 0.333. The largest absolute Gasteiger partial charge is 0.389 e. The summed E-state index contributed by atoms with van der Waals surface area (Å²) in [5.74, 6) is 0.587. The van der Waals surface area contributed by atoms with Gasteiger partial charge in [0.25, 0.3) is 0 Å². The quantitative estimate of drug-likeness (QED) is 0.258. The molecule has 0 amide bonds. The van der Waals surface area contributed by atoms with E-state index in [4.69, 9.17) is 32.0 Å². The first-order valence-electron chi connectivity index (χ1n) is 14.1. The molecule has 5 aromatic rings. The molecule has 0 unspecified atom stereocenters. The number of rotatable bonds is 6. The van der Waals surface area contributed by atoms with Crippen LogP contribution in [0.15, 0.2) is 24.5 Å². The number of thiophene rings is 1. The normalized spacial score (nSPS) is 18.0. The fourth-order valence-corrected chi connectivity index (χ4v) is 7.67. The molecule has 2 atom stereocenters. The minimum Gasteiger partial charge on any atom is -0.389 e. The molecule has 7 rings (SSSR count). The molecule has 0 radical (unpaired) electrons. The summed E-state index contributed by atoms with van der Waals surface area (Å²) >= 11 is 8.34. The zero-order chi connectivity index (χ0) is 30.7. The van der Waals surface area contributed by atoms with Gasteiger partial charge in [0.05, 0.1) is 63.5 Å². The molecule has 11 nitrogen and oxygen atoms in total. The maximum absolute atomic E-state index is 14.9. The predicted molar refractivity (Wildman–Crippen MR) is 169 cm³/mol. The number of hydrogen-bond acceptors (Lipinski definition) is 12.